The molecule has 0 amide bonds. The SMILES string of the molecule is c1ccc(N2CCN(CCc3ccc(COc4ccc5c(c4)CCCC5)cc3)CC2)nc1. The summed E-state index contributed by atoms with van der Waals surface area (Å²) in [5, 5.41) is 0. The molecule has 2 heterocycles. The van der Waals surface area contributed by atoms with Gasteiger partial charge in [-0.25, -0.2) is 4.98 Å². The number of aryl methyl sites for hydroxylation is 2. The molecular weight excluding hydrogens is 394 g/mol. The van der Waals surface area contributed by atoms with Gasteiger partial charge in [0.05, 0.1) is 0 Å². The lowest BCUT2D eigenvalue weighted by Crippen LogP contribution is -2.47. The highest BCUT2D eigenvalue weighted by Gasteiger charge is 2.17. The van der Waals surface area contributed by atoms with Gasteiger partial charge in [-0.05, 0) is 78.6 Å². The fourth-order valence-corrected chi connectivity index (χ4v) is 4.80. The second kappa shape index (κ2) is 10.2. The molecule has 32 heavy (non-hydrogen) atoms. The van der Waals surface area contributed by atoms with E-state index in [0.717, 1.165) is 50.7 Å². The second-order valence-electron chi connectivity index (χ2n) is 9.01. The van der Waals surface area contributed by atoms with Gasteiger partial charge in [0.25, 0.3) is 0 Å². The number of hydrogen-bond acceptors (Lipinski definition) is 4. The van der Waals surface area contributed by atoms with E-state index in [4.69, 9.17) is 4.74 Å². The Labute approximate surface area is 191 Å². The fraction of sp³-hybridized carbons (Fsp3) is 0.393. The average molecular weight is 428 g/mol. The number of hydrogen-bond donors (Lipinski definition) is 0. The summed E-state index contributed by atoms with van der Waals surface area (Å²) in [6.45, 7) is 6.05. The van der Waals surface area contributed by atoms with Gasteiger partial charge in [0.1, 0.15) is 18.2 Å². The molecule has 1 fully saturated rings. The molecule has 1 aliphatic heterocycles. The lowest BCUT2D eigenvalue weighted by Gasteiger charge is -2.35. The number of anilines is 1. The van der Waals surface area contributed by atoms with Crippen LogP contribution in [0.3, 0.4) is 0 Å². The Balaban J connectivity index is 1.06. The number of ether oxygens (including phenoxy) is 1. The van der Waals surface area contributed by atoms with E-state index in [1.54, 1.807) is 0 Å². The molecule has 1 aromatic heterocycles. The summed E-state index contributed by atoms with van der Waals surface area (Å²) in [6.07, 6.45) is 8.01. The van der Waals surface area contributed by atoms with Crippen LogP contribution in [-0.4, -0.2) is 42.6 Å². The van der Waals surface area contributed by atoms with E-state index < -0.39 is 0 Å². The van der Waals surface area contributed by atoms with Crippen LogP contribution in [0.5, 0.6) is 5.75 Å². The highest BCUT2D eigenvalue weighted by atomic mass is 16.5. The van der Waals surface area contributed by atoms with Gasteiger partial charge in [-0.2, -0.15) is 0 Å². The van der Waals surface area contributed by atoms with Crippen LogP contribution in [0.4, 0.5) is 5.82 Å². The molecule has 2 aliphatic rings. The van der Waals surface area contributed by atoms with Gasteiger partial charge in [0.2, 0.25) is 0 Å². The van der Waals surface area contributed by atoms with Gasteiger partial charge in [-0.15, -0.1) is 0 Å². The zero-order valence-electron chi connectivity index (χ0n) is 18.9. The predicted octanol–water partition coefficient (Wildman–Crippen LogP) is 4.90. The molecule has 4 nitrogen and oxygen atoms in total. The van der Waals surface area contributed by atoms with Crippen LogP contribution in [0.15, 0.2) is 66.9 Å². The summed E-state index contributed by atoms with van der Waals surface area (Å²) in [5.74, 6) is 2.10. The molecule has 0 spiro atoms. The minimum atomic E-state index is 0.633. The monoisotopic (exact) mass is 427 g/mol. The van der Waals surface area contributed by atoms with E-state index in [1.165, 1.54) is 47.9 Å². The van der Waals surface area contributed by atoms with Crippen LogP contribution in [-0.2, 0) is 25.9 Å². The Bertz CT molecular complexity index is 995. The lowest BCUT2D eigenvalue weighted by molar-refractivity contribution is 0.260. The quantitative estimate of drug-likeness (QED) is 0.536. The normalized spacial score (nSPS) is 16.6. The first kappa shape index (κ1) is 21.0. The third-order valence-electron chi connectivity index (χ3n) is 6.81. The van der Waals surface area contributed by atoms with Crippen LogP contribution in [0, 0.1) is 0 Å². The van der Waals surface area contributed by atoms with Gasteiger partial charge < -0.3 is 9.64 Å². The zero-order chi connectivity index (χ0) is 21.6. The number of aromatic nitrogens is 1. The highest BCUT2D eigenvalue weighted by Crippen LogP contribution is 2.26. The predicted molar refractivity (Wildman–Crippen MR) is 130 cm³/mol. The van der Waals surface area contributed by atoms with Crippen molar-refractivity contribution in [3.63, 3.8) is 0 Å². The van der Waals surface area contributed by atoms with E-state index >= 15 is 0 Å². The number of pyridine rings is 1. The average Bonchev–Trinajstić information content (AvgIpc) is 2.87. The van der Waals surface area contributed by atoms with E-state index in [-0.39, 0.29) is 0 Å². The molecule has 0 unspecified atom stereocenters. The van der Waals surface area contributed by atoms with Crippen molar-refractivity contribution >= 4 is 5.82 Å². The van der Waals surface area contributed by atoms with Gasteiger partial charge in [0, 0.05) is 38.9 Å². The number of fused-ring (bicyclic) bond motifs is 1. The maximum absolute atomic E-state index is 6.08. The van der Waals surface area contributed by atoms with Crippen LogP contribution in [0.25, 0.3) is 0 Å². The number of piperazine rings is 1. The van der Waals surface area contributed by atoms with E-state index in [0.29, 0.717) is 6.61 Å². The Morgan fingerprint density at radius 1 is 0.781 bits per heavy atom. The van der Waals surface area contributed by atoms with E-state index in [2.05, 4.69) is 69.4 Å². The lowest BCUT2D eigenvalue weighted by atomic mass is 9.92. The summed E-state index contributed by atoms with van der Waals surface area (Å²) in [6, 6.07) is 21.7. The third kappa shape index (κ3) is 5.31. The van der Waals surface area contributed by atoms with Crippen molar-refractivity contribution in [3.8, 4) is 5.75 Å². The van der Waals surface area contributed by atoms with Crippen molar-refractivity contribution in [1.82, 2.24) is 9.88 Å². The summed E-state index contributed by atoms with van der Waals surface area (Å²) in [4.78, 5) is 9.42. The number of rotatable bonds is 7. The van der Waals surface area contributed by atoms with Crippen molar-refractivity contribution in [2.75, 3.05) is 37.6 Å². The maximum atomic E-state index is 6.08. The van der Waals surface area contributed by atoms with Gasteiger partial charge in [0.15, 0.2) is 0 Å². The molecule has 5 rings (SSSR count). The maximum Gasteiger partial charge on any atom is 0.128 e. The van der Waals surface area contributed by atoms with Crippen molar-refractivity contribution in [2.24, 2.45) is 0 Å². The fourth-order valence-electron chi connectivity index (χ4n) is 4.80. The smallest absolute Gasteiger partial charge is 0.128 e. The second-order valence-corrected chi connectivity index (χ2v) is 9.01. The molecule has 3 aromatic rings. The molecular formula is C28H33N3O. The van der Waals surface area contributed by atoms with Crippen LogP contribution >= 0.6 is 0 Å². The molecule has 1 aliphatic carbocycles. The topological polar surface area (TPSA) is 28.6 Å². The van der Waals surface area contributed by atoms with Crippen LogP contribution in [0.1, 0.15) is 35.1 Å². The first-order valence-electron chi connectivity index (χ1n) is 12.0. The first-order chi connectivity index (χ1) is 15.8. The summed E-state index contributed by atoms with van der Waals surface area (Å²) in [7, 11) is 0. The molecule has 0 N–H and O–H groups in total. The minimum Gasteiger partial charge on any atom is -0.489 e. The Morgan fingerprint density at radius 2 is 1.56 bits per heavy atom. The summed E-state index contributed by atoms with van der Waals surface area (Å²) >= 11 is 0. The number of benzene rings is 2. The molecule has 0 saturated carbocycles. The van der Waals surface area contributed by atoms with Crippen molar-refractivity contribution in [1.29, 1.82) is 0 Å². The van der Waals surface area contributed by atoms with Crippen LogP contribution < -0.4 is 9.64 Å². The Hall–Kier alpha value is -2.85. The first-order valence-corrected chi connectivity index (χ1v) is 12.0. The molecule has 0 bridgehead atoms. The minimum absolute atomic E-state index is 0.633. The van der Waals surface area contributed by atoms with Gasteiger partial charge in [-0.3, -0.25) is 4.90 Å². The van der Waals surface area contributed by atoms with E-state index in [9.17, 15) is 0 Å². The van der Waals surface area contributed by atoms with Crippen molar-refractivity contribution < 1.29 is 4.74 Å². The largest absolute Gasteiger partial charge is 0.489 e. The molecule has 1 saturated heterocycles. The van der Waals surface area contributed by atoms with Crippen molar-refractivity contribution in [3.05, 3.63) is 89.1 Å². The molecule has 4 heteroatoms. The third-order valence-corrected chi connectivity index (χ3v) is 6.81. The standard InChI is InChI=1S/C28H33N3O/c1-2-6-26-21-27(13-12-25(26)5-1)32-22-24-10-8-23(9-11-24)14-16-30-17-19-31(20-18-30)28-7-3-4-15-29-28/h3-4,7-13,15,21H,1-2,5-6,14,16-20,22H2. The summed E-state index contributed by atoms with van der Waals surface area (Å²) in [5.41, 5.74) is 5.61. The molecule has 2 aromatic carbocycles. The molecule has 0 atom stereocenters. The van der Waals surface area contributed by atoms with E-state index in [1.807, 2.05) is 12.3 Å². The Kier molecular flexibility index (Phi) is 6.69. The molecule has 166 valence electrons. The van der Waals surface area contributed by atoms with Crippen molar-refractivity contribution in [2.45, 2.75) is 38.7 Å². The Morgan fingerprint density at radius 3 is 2.34 bits per heavy atom. The van der Waals surface area contributed by atoms with Crippen LogP contribution in [0.2, 0.25) is 0 Å². The number of nitrogens with zero attached hydrogens (tertiary/aromatic N) is 3. The highest BCUT2D eigenvalue weighted by molar-refractivity contribution is 5.38. The molecule has 0 radical (unpaired) electrons. The zero-order valence-corrected chi connectivity index (χ0v) is 18.9. The summed E-state index contributed by atoms with van der Waals surface area (Å²) < 4.78 is 6.08. The van der Waals surface area contributed by atoms with Gasteiger partial charge >= 0.3 is 0 Å². The van der Waals surface area contributed by atoms with Gasteiger partial charge in [-0.1, -0.05) is 36.4 Å².